The summed E-state index contributed by atoms with van der Waals surface area (Å²) in [5.74, 6) is 0. The molecule has 0 atom stereocenters. The lowest BCUT2D eigenvalue weighted by Gasteiger charge is -2.03. The summed E-state index contributed by atoms with van der Waals surface area (Å²) in [6.45, 7) is 0. The number of anilines is 2. The Labute approximate surface area is 93.0 Å². The maximum absolute atomic E-state index is 5.84. The molecular formula is C10H11ClN2S. The van der Waals surface area contributed by atoms with Gasteiger partial charge in [-0.15, -0.1) is 23.7 Å². The SMILES string of the molecule is Cl.Nc1ccc(-c2cccs2)c(N)c1. The molecule has 74 valence electrons. The molecule has 1 aromatic carbocycles. The van der Waals surface area contributed by atoms with Crippen molar-refractivity contribution in [3.05, 3.63) is 35.7 Å². The number of benzene rings is 1. The summed E-state index contributed by atoms with van der Waals surface area (Å²) in [7, 11) is 0. The Bertz CT molecular complexity index is 412. The van der Waals surface area contributed by atoms with E-state index in [2.05, 4.69) is 0 Å². The largest absolute Gasteiger partial charge is 0.399 e. The van der Waals surface area contributed by atoms with Crippen LogP contribution in [0.2, 0.25) is 0 Å². The number of hydrogen-bond donors (Lipinski definition) is 2. The van der Waals surface area contributed by atoms with Crippen LogP contribution in [-0.2, 0) is 0 Å². The lowest BCUT2D eigenvalue weighted by molar-refractivity contribution is 1.66. The van der Waals surface area contributed by atoms with E-state index in [4.69, 9.17) is 11.5 Å². The molecule has 2 nitrogen and oxygen atoms in total. The van der Waals surface area contributed by atoms with Gasteiger partial charge in [0.25, 0.3) is 0 Å². The predicted molar refractivity (Wildman–Crippen MR) is 65.8 cm³/mol. The number of nitrogens with two attached hydrogens (primary N) is 2. The minimum Gasteiger partial charge on any atom is -0.399 e. The third kappa shape index (κ3) is 2.00. The average molecular weight is 227 g/mol. The average Bonchev–Trinajstić information content (AvgIpc) is 2.56. The molecule has 0 saturated carbocycles. The molecule has 0 spiro atoms. The number of halogens is 1. The van der Waals surface area contributed by atoms with E-state index in [0.29, 0.717) is 5.69 Å². The van der Waals surface area contributed by atoms with Crippen molar-refractivity contribution in [2.24, 2.45) is 0 Å². The van der Waals surface area contributed by atoms with Gasteiger partial charge in [0.05, 0.1) is 0 Å². The fourth-order valence-electron chi connectivity index (χ4n) is 1.24. The molecule has 0 saturated heterocycles. The molecule has 4 heteroatoms. The maximum Gasteiger partial charge on any atom is 0.0422 e. The van der Waals surface area contributed by atoms with Crippen molar-refractivity contribution in [1.29, 1.82) is 0 Å². The number of hydrogen-bond acceptors (Lipinski definition) is 3. The predicted octanol–water partition coefficient (Wildman–Crippen LogP) is 3.00. The fraction of sp³-hybridized carbons (Fsp3) is 0. The van der Waals surface area contributed by atoms with Gasteiger partial charge in [0.1, 0.15) is 0 Å². The molecule has 1 heterocycles. The molecule has 0 radical (unpaired) electrons. The van der Waals surface area contributed by atoms with Gasteiger partial charge in [0.15, 0.2) is 0 Å². The second-order valence-electron chi connectivity index (χ2n) is 2.82. The molecule has 0 amide bonds. The molecule has 4 N–H and O–H groups in total. The van der Waals surface area contributed by atoms with E-state index >= 15 is 0 Å². The highest BCUT2D eigenvalue weighted by Crippen LogP contribution is 2.30. The molecule has 0 fully saturated rings. The Morgan fingerprint density at radius 1 is 1.07 bits per heavy atom. The molecule has 2 rings (SSSR count). The van der Waals surface area contributed by atoms with Crippen molar-refractivity contribution in [1.82, 2.24) is 0 Å². The van der Waals surface area contributed by atoms with E-state index in [1.807, 2.05) is 29.6 Å². The molecule has 0 bridgehead atoms. The van der Waals surface area contributed by atoms with E-state index < -0.39 is 0 Å². The van der Waals surface area contributed by atoms with Gasteiger partial charge >= 0.3 is 0 Å². The standard InChI is InChI=1S/C10H10N2S.ClH/c11-7-3-4-8(9(12)6-7)10-2-1-5-13-10;/h1-6H,11-12H2;1H. The minimum atomic E-state index is 0. The van der Waals surface area contributed by atoms with Crippen molar-refractivity contribution in [3.63, 3.8) is 0 Å². The zero-order valence-corrected chi connectivity index (χ0v) is 9.07. The fourth-order valence-corrected chi connectivity index (χ4v) is 2.01. The van der Waals surface area contributed by atoms with Crippen LogP contribution in [-0.4, -0.2) is 0 Å². The lowest BCUT2D eigenvalue weighted by Crippen LogP contribution is -1.91. The van der Waals surface area contributed by atoms with Crippen LogP contribution in [0.5, 0.6) is 0 Å². The summed E-state index contributed by atoms with van der Waals surface area (Å²) >= 11 is 1.68. The molecule has 2 aromatic rings. The highest BCUT2D eigenvalue weighted by molar-refractivity contribution is 7.13. The maximum atomic E-state index is 5.84. The summed E-state index contributed by atoms with van der Waals surface area (Å²) in [5.41, 5.74) is 13.9. The van der Waals surface area contributed by atoms with Crippen molar-refractivity contribution < 1.29 is 0 Å². The van der Waals surface area contributed by atoms with Crippen LogP contribution in [0, 0.1) is 0 Å². The van der Waals surface area contributed by atoms with E-state index in [0.717, 1.165) is 11.3 Å². The summed E-state index contributed by atoms with van der Waals surface area (Å²) in [6, 6.07) is 9.67. The second-order valence-corrected chi connectivity index (χ2v) is 3.77. The van der Waals surface area contributed by atoms with Crippen LogP contribution in [0.3, 0.4) is 0 Å². The zero-order valence-electron chi connectivity index (χ0n) is 7.44. The third-order valence-electron chi connectivity index (χ3n) is 1.86. The van der Waals surface area contributed by atoms with Crippen LogP contribution >= 0.6 is 23.7 Å². The first-order chi connectivity index (χ1) is 6.27. The Morgan fingerprint density at radius 2 is 1.86 bits per heavy atom. The Kier molecular flexibility index (Phi) is 3.38. The minimum absolute atomic E-state index is 0. The van der Waals surface area contributed by atoms with E-state index in [9.17, 15) is 0 Å². The van der Waals surface area contributed by atoms with Crippen molar-refractivity contribution >= 4 is 35.1 Å². The number of nitrogen functional groups attached to an aromatic ring is 2. The Balaban J connectivity index is 0.000000980. The summed E-state index contributed by atoms with van der Waals surface area (Å²) in [5, 5.41) is 2.03. The normalized spacial score (nSPS) is 9.43. The highest BCUT2D eigenvalue weighted by Gasteiger charge is 2.02. The first kappa shape index (κ1) is 10.9. The molecule has 14 heavy (non-hydrogen) atoms. The van der Waals surface area contributed by atoms with Gasteiger partial charge in [-0.2, -0.15) is 0 Å². The van der Waals surface area contributed by atoms with E-state index in [1.165, 1.54) is 4.88 Å². The van der Waals surface area contributed by atoms with Crippen LogP contribution in [0.15, 0.2) is 35.7 Å². The monoisotopic (exact) mass is 226 g/mol. The number of thiophene rings is 1. The topological polar surface area (TPSA) is 52.0 Å². The van der Waals surface area contributed by atoms with Gasteiger partial charge in [-0.05, 0) is 29.6 Å². The smallest absolute Gasteiger partial charge is 0.0422 e. The van der Waals surface area contributed by atoms with Crippen molar-refractivity contribution in [2.75, 3.05) is 11.5 Å². The molecule has 0 aliphatic rings. The molecule has 0 aliphatic carbocycles. The second kappa shape index (κ2) is 4.35. The van der Waals surface area contributed by atoms with Gasteiger partial charge in [0, 0.05) is 21.8 Å². The van der Waals surface area contributed by atoms with Gasteiger partial charge in [-0.1, -0.05) is 6.07 Å². The van der Waals surface area contributed by atoms with Crippen molar-refractivity contribution in [2.45, 2.75) is 0 Å². The van der Waals surface area contributed by atoms with Crippen LogP contribution in [0.1, 0.15) is 0 Å². The Morgan fingerprint density at radius 3 is 2.43 bits per heavy atom. The summed E-state index contributed by atoms with van der Waals surface area (Å²) in [4.78, 5) is 1.18. The van der Waals surface area contributed by atoms with Crippen LogP contribution in [0.25, 0.3) is 10.4 Å². The molecule has 1 aromatic heterocycles. The summed E-state index contributed by atoms with van der Waals surface area (Å²) in [6.07, 6.45) is 0. The van der Waals surface area contributed by atoms with Gasteiger partial charge < -0.3 is 11.5 Å². The van der Waals surface area contributed by atoms with Gasteiger partial charge in [-0.25, -0.2) is 0 Å². The first-order valence-corrected chi connectivity index (χ1v) is 4.84. The van der Waals surface area contributed by atoms with Gasteiger partial charge in [0.2, 0.25) is 0 Å². The molecular weight excluding hydrogens is 216 g/mol. The lowest BCUT2D eigenvalue weighted by atomic mass is 10.1. The first-order valence-electron chi connectivity index (χ1n) is 3.96. The number of rotatable bonds is 1. The van der Waals surface area contributed by atoms with Crippen LogP contribution in [0.4, 0.5) is 11.4 Å². The van der Waals surface area contributed by atoms with Crippen molar-refractivity contribution in [3.8, 4) is 10.4 Å². The highest BCUT2D eigenvalue weighted by atomic mass is 35.5. The van der Waals surface area contributed by atoms with Crippen LogP contribution < -0.4 is 11.5 Å². The zero-order chi connectivity index (χ0) is 9.26. The third-order valence-corrected chi connectivity index (χ3v) is 2.77. The van der Waals surface area contributed by atoms with E-state index in [-0.39, 0.29) is 12.4 Å². The summed E-state index contributed by atoms with van der Waals surface area (Å²) < 4.78 is 0. The quantitative estimate of drug-likeness (QED) is 0.735. The Hall–Kier alpha value is -1.19. The molecule has 0 unspecified atom stereocenters. The van der Waals surface area contributed by atoms with Gasteiger partial charge in [-0.3, -0.25) is 0 Å². The molecule has 0 aliphatic heterocycles. The van der Waals surface area contributed by atoms with E-state index in [1.54, 1.807) is 17.4 Å².